The number of hydrogen-bond acceptors (Lipinski definition) is 3. The molecular weight excluding hydrogens is 394 g/mol. The fourth-order valence-corrected chi connectivity index (χ4v) is 3.77. The maximum absolute atomic E-state index is 14.4. The molecule has 0 bridgehead atoms. The van der Waals surface area contributed by atoms with Crippen LogP contribution in [0.4, 0.5) is 8.78 Å². The second-order valence-corrected chi connectivity index (χ2v) is 8.20. The number of aldehydes is 1. The van der Waals surface area contributed by atoms with Crippen LogP contribution in [0, 0.1) is 29.6 Å². The first-order valence-electron chi connectivity index (χ1n) is 10.5. The van der Waals surface area contributed by atoms with Gasteiger partial charge in [-0.25, -0.2) is 13.8 Å². The van der Waals surface area contributed by atoms with E-state index in [9.17, 15) is 13.6 Å². The number of nitrogens with zero attached hydrogens (tertiary/aromatic N) is 1. The molecule has 4 unspecified atom stereocenters. The molecule has 0 saturated heterocycles. The number of halogens is 2. The Morgan fingerprint density at radius 1 is 1.06 bits per heavy atom. The van der Waals surface area contributed by atoms with E-state index in [0.29, 0.717) is 11.8 Å². The van der Waals surface area contributed by atoms with Gasteiger partial charge in [-0.1, -0.05) is 68.5 Å². The third-order valence-corrected chi connectivity index (χ3v) is 5.38. The molecule has 0 saturated carbocycles. The first kappa shape index (κ1) is 22.6. The third kappa shape index (κ3) is 5.75. The van der Waals surface area contributed by atoms with Gasteiger partial charge in [-0.05, 0) is 30.6 Å². The zero-order chi connectivity index (χ0) is 22.4. The highest BCUT2D eigenvalue weighted by Crippen LogP contribution is 2.33. The molecule has 0 fully saturated rings. The summed E-state index contributed by atoms with van der Waals surface area (Å²) in [7, 11) is 0. The molecule has 5 heteroatoms. The Kier molecular flexibility index (Phi) is 7.50. The lowest BCUT2D eigenvalue weighted by Crippen LogP contribution is -2.22. The zero-order valence-corrected chi connectivity index (χ0v) is 18.0. The predicted molar refractivity (Wildman–Crippen MR) is 122 cm³/mol. The smallest absolute Gasteiger partial charge is 0.145 e. The maximum atomic E-state index is 14.4. The number of amidine groups is 1. The van der Waals surface area contributed by atoms with Gasteiger partial charge in [0, 0.05) is 29.9 Å². The van der Waals surface area contributed by atoms with Crippen LogP contribution in [0.15, 0.2) is 101 Å². The molecular formula is C26H28F2N2O. The lowest BCUT2D eigenvalue weighted by atomic mass is 9.77. The highest BCUT2D eigenvalue weighted by molar-refractivity contribution is 5.95. The molecule has 0 spiro atoms. The minimum absolute atomic E-state index is 0.0636. The number of hydrogen-bond donors (Lipinski definition) is 1. The number of allylic oxidation sites excluding steroid dienone is 13. The Hall–Kier alpha value is -3.08. The van der Waals surface area contributed by atoms with E-state index in [0.717, 1.165) is 11.9 Å². The second kappa shape index (κ2) is 10.3. The standard InChI is InChI=1S/C26H28F2N2O/c1-17(2)14-24(28)26(18(3)27)30-25-11-10-20(12-13-29-25)23(16-31)22-9-8-19-6-4-5-7-21(19)15-22/h4-17,19-21,23H,1-3H3,(H,29,30)/b24-14+,26-18-. The fraction of sp³-hybridized carbons (Fsp3) is 0.308. The zero-order valence-electron chi connectivity index (χ0n) is 18.0. The van der Waals surface area contributed by atoms with Gasteiger partial charge in [-0.15, -0.1) is 0 Å². The fourth-order valence-electron chi connectivity index (χ4n) is 3.77. The molecule has 0 radical (unpaired) electrons. The minimum atomic E-state index is -0.664. The largest absolute Gasteiger partial charge is 0.336 e. The topological polar surface area (TPSA) is 41.5 Å². The van der Waals surface area contributed by atoms with E-state index in [1.165, 1.54) is 13.0 Å². The van der Waals surface area contributed by atoms with Crippen molar-refractivity contribution in [2.45, 2.75) is 20.8 Å². The number of nitrogens with one attached hydrogen (secondary N) is 1. The van der Waals surface area contributed by atoms with Crippen molar-refractivity contribution in [1.82, 2.24) is 5.32 Å². The van der Waals surface area contributed by atoms with Gasteiger partial charge in [0.25, 0.3) is 0 Å². The van der Waals surface area contributed by atoms with E-state index in [1.54, 1.807) is 12.3 Å². The normalized spacial score (nSPS) is 26.6. The van der Waals surface area contributed by atoms with Gasteiger partial charge in [0.05, 0.1) is 0 Å². The van der Waals surface area contributed by atoms with Crippen molar-refractivity contribution in [3.05, 3.63) is 96.0 Å². The van der Waals surface area contributed by atoms with E-state index in [4.69, 9.17) is 0 Å². The first-order chi connectivity index (χ1) is 14.9. The van der Waals surface area contributed by atoms with Gasteiger partial charge in [0.1, 0.15) is 29.5 Å². The van der Waals surface area contributed by atoms with Gasteiger partial charge in [-0.2, -0.15) is 0 Å². The Morgan fingerprint density at radius 3 is 2.48 bits per heavy atom. The van der Waals surface area contributed by atoms with Crippen molar-refractivity contribution in [2.24, 2.45) is 34.6 Å². The minimum Gasteiger partial charge on any atom is -0.336 e. The molecule has 0 amide bonds. The first-order valence-corrected chi connectivity index (χ1v) is 10.5. The lowest BCUT2D eigenvalue weighted by Gasteiger charge is -2.26. The number of carbonyl (C=O) groups excluding carboxylic acids is 1. The number of carbonyl (C=O) groups is 1. The van der Waals surface area contributed by atoms with Gasteiger partial charge < -0.3 is 10.1 Å². The van der Waals surface area contributed by atoms with Crippen LogP contribution >= 0.6 is 0 Å². The summed E-state index contributed by atoms with van der Waals surface area (Å²) in [4.78, 5) is 16.2. The van der Waals surface area contributed by atoms with Crippen LogP contribution in [-0.2, 0) is 4.79 Å². The molecule has 4 atom stereocenters. The van der Waals surface area contributed by atoms with Gasteiger partial charge >= 0.3 is 0 Å². The molecule has 1 aliphatic heterocycles. The SMILES string of the molecule is C/C(F)=C(NC1=NC=CC(C(C=O)C2=CC3C=CC=CC3C=C2)C=C1)\C(F)=C/C(C)C. The Labute approximate surface area is 182 Å². The van der Waals surface area contributed by atoms with Crippen molar-refractivity contribution in [1.29, 1.82) is 0 Å². The highest BCUT2D eigenvalue weighted by Gasteiger charge is 2.26. The monoisotopic (exact) mass is 422 g/mol. The van der Waals surface area contributed by atoms with E-state index in [-0.39, 0.29) is 29.4 Å². The van der Waals surface area contributed by atoms with Crippen LogP contribution in [0.25, 0.3) is 0 Å². The molecule has 0 aromatic heterocycles. The van der Waals surface area contributed by atoms with Crippen LogP contribution in [-0.4, -0.2) is 12.1 Å². The summed E-state index contributed by atoms with van der Waals surface area (Å²) in [6.07, 6.45) is 23.8. The summed E-state index contributed by atoms with van der Waals surface area (Å²) >= 11 is 0. The van der Waals surface area contributed by atoms with Crippen LogP contribution in [0.2, 0.25) is 0 Å². The summed E-state index contributed by atoms with van der Waals surface area (Å²) in [6, 6.07) is 0. The maximum Gasteiger partial charge on any atom is 0.145 e. The van der Waals surface area contributed by atoms with Crippen LogP contribution in [0.5, 0.6) is 0 Å². The number of aliphatic imine (C=N–C) groups is 1. The summed E-state index contributed by atoms with van der Waals surface area (Å²) < 4.78 is 28.3. The lowest BCUT2D eigenvalue weighted by molar-refractivity contribution is -0.110. The summed E-state index contributed by atoms with van der Waals surface area (Å²) in [5.74, 6) is -1.10. The molecule has 0 aromatic carbocycles. The molecule has 3 rings (SSSR count). The van der Waals surface area contributed by atoms with E-state index in [1.807, 2.05) is 44.2 Å². The van der Waals surface area contributed by atoms with E-state index in [2.05, 4.69) is 34.6 Å². The third-order valence-electron chi connectivity index (χ3n) is 5.38. The summed E-state index contributed by atoms with van der Waals surface area (Å²) in [5, 5.41) is 2.73. The quantitative estimate of drug-likeness (QED) is 0.418. The summed E-state index contributed by atoms with van der Waals surface area (Å²) in [6.45, 7) is 4.83. The van der Waals surface area contributed by atoms with E-state index < -0.39 is 11.7 Å². The van der Waals surface area contributed by atoms with Crippen molar-refractivity contribution in [2.75, 3.05) is 0 Å². The average Bonchev–Trinajstić information content (AvgIpc) is 2.97. The highest BCUT2D eigenvalue weighted by atomic mass is 19.1. The van der Waals surface area contributed by atoms with Crippen LogP contribution in [0.3, 0.4) is 0 Å². The molecule has 1 N–H and O–H groups in total. The van der Waals surface area contributed by atoms with Crippen molar-refractivity contribution >= 4 is 12.1 Å². The van der Waals surface area contributed by atoms with Crippen LogP contribution < -0.4 is 5.32 Å². The molecule has 3 aliphatic rings. The van der Waals surface area contributed by atoms with Gasteiger partial charge in [0.2, 0.25) is 0 Å². The molecule has 3 nitrogen and oxygen atoms in total. The molecule has 2 aliphatic carbocycles. The van der Waals surface area contributed by atoms with Gasteiger partial charge in [0.15, 0.2) is 0 Å². The molecule has 31 heavy (non-hydrogen) atoms. The molecule has 162 valence electrons. The predicted octanol–water partition coefficient (Wildman–Crippen LogP) is 6.05. The second-order valence-electron chi connectivity index (χ2n) is 8.20. The molecule has 0 aromatic rings. The van der Waals surface area contributed by atoms with E-state index >= 15 is 0 Å². The number of rotatable bonds is 6. The Bertz CT molecular complexity index is 969. The molecule has 1 heterocycles. The van der Waals surface area contributed by atoms with Crippen molar-refractivity contribution < 1.29 is 13.6 Å². The summed E-state index contributed by atoms with van der Waals surface area (Å²) in [5.41, 5.74) is 0.718. The average molecular weight is 423 g/mol. The van der Waals surface area contributed by atoms with Gasteiger partial charge in [-0.3, -0.25) is 0 Å². The number of fused-ring (bicyclic) bond motifs is 1. The Balaban J connectivity index is 1.76. The Morgan fingerprint density at radius 2 is 1.81 bits per heavy atom. The van der Waals surface area contributed by atoms with Crippen molar-refractivity contribution in [3.8, 4) is 0 Å². The van der Waals surface area contributed by atoms with Crippen molar-refractivity contribution in [3.63, 3.8) is 0 Å². The van der Waals surface area contributed by atoms with Crippen LogP contribution in [0.1, 0.15) is 20.8 Å².